The Hall–Kier alpha value is -6.26. The first kappa shape index (κ1) is 24.2. The molecule has 0 aliphatic carbocycles. The highest BCUT2D eigenvalue weighted by atomic mass is 16.3. The third-order valence-corrected chi connectivity index (χ3v) is 11.4. The molecular formula is C63H71N3O. The summed E-state index contributed by atoms with van der Waals surface area (Å²) < 4.78 is 243. The molecule has 0 radical (unpaired) electrons. The van der Waals surface area contributed by atoms with Crippen LogP contribution in [-0.2, 0) is 28.0 Å². The lowest BCUT2D eigenvalue weighted by Crippen LogP contribution is -2.17. The number of aromatic nitrogens is 3. The second-order valence-electron chi connectivity index (χ2n) is 20.1. The van der Waals surface area contributed by atoms with E-state index in [0.29, 0.717) is 39.1 Å². The molecule has 0 bridgehead atoms. The molecule has 4 heteroatoms. The lowest BCUT2D eigenvalue weighted by molar-refractivity contribution is 0.411. The van der Waals surface area contributed by atoms with E-state index in [9.17, 15) is 10.6 Å². The Morgan fingerprint density at radius 2 is 1.27 bits per heavy atom. The van der Waals surface area contributed by atoms with E-state index >= 15 is 0 Å². The minimum atomic E-state index is -4.56. The monoisotopic (exact) mass is 913 g/mol. The number of imidazole rings is 1. The smallest absolute Gasteiger partial charge is 0.149 e. The predicted molar refractivity (Wildman–Crippen MR) is 286 cm³/mol. The molecule has 67 heavy (non-hydrogen) atoms. The standard InChI is InChI=1S/C63H71N3O/c1-59(2,3)39-40-24-26-41(27-25-40)43-30-31-64-53(35-43)45-32-44(33-47(34-45)61(7,8)9)49-22-19-23-55-56(49)65-58(51-37-48(62(10,11)12)38-52(57(51)67)63(13,14)15)66(55)54-29-28-46(60(4,5)6)36-50(54)42-20-17-16-18-21-42/h16-38,67H,39H2,1-15H3/i10D3,11D3,12D3,13D3,14D3,15D3,16D,17D,18D,20D,21D,37D,38D,39D2. The van der Waals surface area contributed by atoms with Gasteiger partial charge in [-0.15, -0.1) is 0 Å². The van der Waals surface area contributed by atoms with E-state index in [1.54, 1.807) is 75.5 Å². The third kappa shape index (κ3) is 9.91. The van der Waals surface area contributed by atoms with Gasteiger partial charge in [0.25, 0.3) is 0 Å². The summed E-state index contributed by atoms with van der Waals surface area (Å²) in [7, 11) is 0. The van der Waals surface area contributed by atoms with Gasteiger partial charge in [-0.05, 0) is 126 Å². The van der Waals surface area contributed by atoms with Crippen LogP contribution in [0.5, 0.6) is 5.75 Å². The lowest BCUT2D eigenvalue weighted by atomic mass is 9.79. The van der Waals surface area contributed by atoms with Gasteiger partial charge >= 0.3 is 0 Å². The SMILES string of the molecule is [2H]c1c([2H])c([2H])c(-c2cc(C(C)(C)C)ccc2-n2c(-c3c([2H])c(C(C([2H])([2H])[2H])(C([2H])([2H])[2H])C([2H])([2H])[2H])c([2H])c(C(C([2H])([2H])[2H])(C([2H])([2H])[2H])C([2H])([2H])[2H])c3O)nc3c(-c4cc(-c5cc(-c6ccc(C([2H])([2H])C(C)(C)C)cc6)ccn5)cc(C(C)(C)C)c4)cccc32)c([2H])c1[2H]. The number of benzene rings is 6. The number of hydrogen-bond acceptors (Lipinski definition) is 3. The first-order valence-electron chi connectivity index (χ1n) is 35.3. The molecule has 0 unspecified atom stereocenters. The van der Waals surface area contributed by atoms with Crippen LogP contribution in [0.2, 0.25) is 0 Å². The summed E-state index contributed by atoms with van der Waals surface area (Å²) >= 11 is 0. The number of nitrogens with zero attached hydrogens (tertiary/aromatic N) is 3. The molecule has 0 aliphatic heterocycles. The normalized spacial score (nSPS) is 20.0. The average Bonchev–Trinajstić information content (AvgIpc) is 0.815. The van der Waals surface area contributed by atoms with Crippen molar-refractivity contribution in [2.45, 2.75) is 131 Å². The average molecular weight is 913 g/mol. The molecule has 6 aromatic carbocycles. The van der Waals surface area contributed by atoms with Crippen LogP contribution in [0.3, 0.4) is 0 Å². The molecule has 0 fully saturated rings. The van der Waals surface area contributed by atoms with Crippen LogP contribution in [0, 0.1) is 5.41 Å². The van der Waals surface area contributed by atoms with Gasteiger partial charge in [0.2, 0.25) is 0 Å². The zero-order valence-corrected chi connectivity index (χ0v) is 39.0. The van der Waals surface area contributed by atoms with Gasteiger partial charge in [0.05, 0.1) is 37.6 Å². The van der Waals surface area contributed by atoms with Crippen LogP contribution in [0.4, 0.5) is 0 Å². The number of fused-ring (bicyclic) bond motifs is 1. The minimum absolute atomic E-state index is 0.106. The molecule has 4 nitrogen and oxygen atoms in total. The molecule has 0 aliphatic rings. The molecule has 8 aromatic rings. The van der Waals surface area contributed by atoms with Crippen molar-refractivity contribution in [2.75, 3.05) is 0 Å². The molecular weight excluding hydrogens is 815 g/mol. The number of phenols is 1. The van der Waals surface area contributed by atoms with E-state index in [-0.39, 0.29) is 27.8 Å². The number of hydrogen-bond donors (Lipinski definition) is 1. The number of phenolic OH excluding ortho intramolecular Hbond substituents is 1. The van der Waals surface area contributed by atoms with E-state index in [0.717, 1.165) is 10.1 Å². The van der Waals surface area contributed by atoms with Crippen molar-refractivity contribution >= 4 is 11.0 Å². The quantitative estimate of drug-likeness (QED) is 0.173. The highest BCUT2D eigenvalue weighted by Crippen LogP contribution is 2.46. The maximum Gasteiger partial charge on any atom is 0.149 e. The fourth-order valence-corrected chi connectivity index (χ4v) is 7.98. The molecule has 0 atom stereocenters. The van der Waals surface area contributed by atoms with Gasteiger partial charge < -0.3 is 5.11 Å². The van der Waals surface area contributed by atoms with Crippen molar-refractivity contribution in [1.82, 2.24) is 14.5 Å². The van der Waals surface area contributed by atoms with E-state index in [1.165, 1.54) is 24.3 Å². The highest BCUT2D eigenvalue weighted by molar-refractivity contribution is 5.98. The molecule has 0 amide bonds. The number of rotatable bonds is 7. The molecule has 0 saturated heterocycles. The van der Waals surface area contributed by atoms with Gasteiger partial charge in [-0.2, -0.15) is 0 Å². The van der Waals surface area contributed by atoms with Crippen LogP contribution in [0.15, 0.2) is 139 Å². The van der Waals surface area contributed by atoms with Gasteiger partial charge in [0.15, 0.2) is 0 Å². The fourth-order valence-electron chi connectivity index (χ4n) is 7.98. The van der Waals surface area contributed by atoms with Gasteiger partial charge in [-0.25, -0.2) is 4.98 Å². The van der Waals surface area contributed by atoms with Gasteiger partial charge in [0.1, 0.15) is 11.6 Å². The first-order valence-corrected chi connectivity index (χ1v) is 21.8. The van der Waals surface area contributed by atoms with Crippen LogP contribution in [-0.4, -0.2) is 19.6 Å². The highest BCUT2D eigenvalue weighted by Gasteiger charge is 2.30. The Labute approximate surface area is 439 Å². The van der Waals surface area contributed by atoms with E-state index in [2.05, 4.69) is 0 Å². The summed E-state index contributed by atoms with van der Waals surface area (Å²) in [6.45, 7) is -9.98. The predicted octanol–water partition coefficient (Wildman–Crippen LogP) is 17.2. The van der Waals surface area contributed by atoms with Crippen LogP contribution in [0.1, 0.15) is 168 Å². The van der Waals surface area contributed by atoms with Gasteiger partial charge in [-0.3, -0.25) is 9.55 Å². The summed E-state index contributed by atoms with van der Waals surface area (Å²) in [6.07, 6.45) is -0.0860. The molecule has 1 N–H and O–H groups in total. The van der Waals surface area contributed by atoms with Crippen molar-refractivity contribution < 1.29 is 42.1 Å². The van der Waals surface area contributed by atoms with E-state index in [1.807, 2.05) is 59.7 Å². The van der Waals surface area contributed by atoms with Crippen LogP contribution < -0.4 is 0 Å². The second kappa shape index (κ2) is 17.1. The Morgan fingerprint density at radius 3 is 1.93 bits per heavy atom. The largest absolute Gasteiger partial charge is 0.507 e. The zero-order valence-electron chi connectivity index (χ0n) is 66.0. The zero-order chi connectivity index (χ0) is 71.3. The molecule has 0 saturated carbocycles. The Morgan fingerprint density at radius 1 is 0.582 bits per heavy atom. The molecule has 8 rings (SSSR count). The summed E-state index contributed by atoms with van der Waals surface area (Å²) in [4.78, 5) is 9.80. The summed E-state index contributed by atoms with van der Waals surface area (Å²) in [5.74, 6) is -2.78. The number of aromatic hydroxyl groups is 1. The number of para-hydroxylation sites is 1. The Kier molecular flexibility index (Phi) is 6.17. The third-order valence-electron chi connectivity index (χ3n) is 11.4. The molecule has 0 spiro atoms. The second-order valence-corrected chi connectivity index (χ2v) is 20.1. The summed E-state index contributed by atoms with van der Waals surface area (Å²) in [6, 6.07) is 17.5. The topological polar surface area (TPSA) is 50.9 Å². The van der Waals surface area contributed by atoms with Crippen molar-refractivity contribution in [3.63, 3.8) is 0 Å². The Bertz CT molecular complexity index is 4120. The van der Waals surface area contributed by atoms with Gasteiger partial charge in [-0.1, -0.05) is 188 Å². The van der Waals surface area contributed by atoms with E-state index < -0.39 is 151 Å². The van der Waals surface area contributed by atoms with Gasteiger partial charge in [0, 0.05) is 55.9 Å². The fraction of sp³-hybridized carbons (Fsp3) is 0.333. The Balaban J connectivity index is 1.66. The summed E-state index contributed by atoms with van der Waals surface area (Å²) in [5.41, 5.74) is -13.2. The molecule has 2 heterocycles. The summed E-state index contributed by atoms with van der Waals surface area (Å²) in [5, 5.41) is 13.3. The maximum atomic E-state index is 13.3. The molecule has 344 valence electrons. The van der Waals surface area contributed by atoms with Crippen molar-refractivity contribution in [1.29, 1.82) is 0 Å². The van der Waals surface area contributed by atoms with Crippen LogP contribution in [0.25, 0.3) is 72.7 Å². The molecule has 2 aromatic heterocycles. The van der Waals surface area contributed by atoms with Crippen molar-refractivity contribution in [3.8, 4) is 67.5 Å². The lowest BCUT2D eigenvalue weighted by Gasteiger charge is -2.28. The van der Waals surface area contributed by atoms with E-state index in [4.69, 9.17) is 41.5 Å². The first-order chi connectivity index (χ1) is 42.5. The van der Waals surface area contributed by atoms with Crippen molar-refractivity contribution in [2.24, 2.45) is 5.41 Å². The number of pyridine rings is 1. The van der Waals surface area contributed by atoms with Crippen LogP contribution >= 0.6 is 0 Å². The van der Waals surface area contributed by atoms with Crippen molar-refractivity contribution in [3.05, 3.63) is 167 Å². The minimum Gasteiger partial charge on any atom is -0.507 e. The maximum absolute atomic E-state index is 13.3.